The SMILES string of the molecule is CN1CCN(CCCNC(=O)c2ccnc(C(N)=O)c2)CC1=O. The van der Waals surface area contributed by atoms with Crippen molar-refractivity contribution in [2.75, 3.05) is 39.8 Å². The van der Waals surface area contributed by atoms with Crippen molar-refractivity contribution in [3.05, 3.63) is 29.6 Å². The highest BCUT2D eigenvalue weighted by molar-refractivity contribution is 5.97. The van der Waals surface area contributed by atoms with Gasteiger partial charge in [-0.3, -0.25) is 24.3 Å². The van der Waals surface area contributed by atoms with Gasteiger partial charge in [-0.25, -0.2) is 0 Å². The summed E-state index contributed by atoms with van der Waals surface area (Å²) in [4.78, 5) is 42.2. The molecule has 0 aliphatic carbocycles. The molecule has 0 unspecified atom stereocenters. The van der Waals surface area contributed by atoms with E-state index in [9.17, 15) is 14.4 Å². The van der Waals surface area contributed by atoms with Crippen LogP contribution in [0.1, 0.15) is 27.3 Å². The number of nitrogens with zero attached hydrogens (tertiary/aromatic N) is 3. The van der Waals surface area contributed by atoms with E-state index in [4.69, 9.17) is 5.73 Å². The van der Waals surface area contributed by atoms with Crippen LogP contribution in [-0.2, 0) is 4.79 Å². The maximum atomic E-state index is 12.0. The minimum Gasteiger partial charge on any atom is -0.364 e. The molecule has 1 aromatic rings. The fourth-order valence-corrected chi connectivity index (χ4v) is 2.31. The lowest BCUT2D eigenvalue weighted by Crippen LogP contribution is -2.48. The van der Waals surface area contributed by atoms with Crippen LogP contribution in [0, 0.1) is 0 Å². The predicted octanol–water partition coefficient (Wildman–Crippen LogP) is -0.926. The number of rotatable bonds is 6. The quantitative estimate of drug-likeness (QED) is 0.659. The molecule has 1 fully saturated rings. The minimum atomic E-state index is -0.667. The highest BCUT2D eigenvalue weighted by Gasteiger charge is 2.20. The first kappa shape index (κ1) is 16.9. The summed E-state index contributed by atoms with van der Waals surface area (Å²) >= 11 is 0. The number of nitrogens with one attached hydrogen (secondary N) is 1. The largest absolute Gasteiger partial charge is 0.364 e. The van der Waals surface area contributed by atoms with Crippen molar-refractivity contribution in [1.82, 2.24) is 20.1 Å². The van der Waals surface area contributed by atoms with Crippen molar-refractivity contribution in [3.8, 4) is 0 Å². The normalized spacial score (nSPS) is 15.5. The van der Waals surface area contributed by atoms with Crippen molar-refractivity contribution in [3.63, 3.8) is 0 Å². The van der Waals surface area contributed by atoms with Crippen molar-refractivity contribution in [1.29, 1.82) is 0 Å². The Hall–Kier alpha value is -2.48. The number of pyridine rings is 1. The molecule has 0 radical (unpaired) electrons. The molecule has 0 aromatic carbocycles. The molecule has 23 heavy (non-hydrogen) atoms. The fourth-order valence-electron chi connectivity index (χ4n) is 2.31. The number of hydrogen-bond acceptors (Lipinski definition) is 5. The molecule has 0 bridgehead atoms. The van der Waals surface area contributed by atoms with Crippen LogP contribution in [0.25, 0.3) is 0 Å². The fraction of sp³-hybridized carbons (Fsp3) is 0.467. The second kappa shape index (κ2) is 7.68. The zero-order chi connectivity index (χ0) is 16.8. The van der Waals surface area contributed by atoms with Gasteiger partial charge in [0.25, 0.3) is 11.8 Å². The molecule has 1 aromatic heterocycles. The third-order valence-corrected chi connectivity index (χ3v) is 3.75. The first-order chi connectivity index (χ1) is 11.0. The van der Waals surface area contributed by atoms with Gasteiger partial charge in [-0.2, -0.15) is 0 Å². The molecule has 8 nitrogen and oxygen atoms in total. The van der Waals surface area contributed by atoms with Crippen LogP contribution in [0.5, 0.6) is 0 Å². The number of piperazine rings is 1. The van der Waals surface area contributed by atoms with Crippen LogP contribution in [-0.4, -0.2) is 72.3 Å². The third kappa shape index (κ3) is 4.75. The molecule has 3 amide bonds. The molecule has 0 saturated carbocycles. The molecular weight excluding hydrogens is 298 g/mol. The highest BCUT2D eigenvalue weighted by Crippen LogP contribution is 2.03. The standard InChI is InChI=1S/C15H21N5O3/c1-19-7-8-20(10-13(19)21)6-2-4-18-15(23)11-3-5-17-12(9-11)14(16)22/h3,5,9H,2,4,6-8,10H2,1H3,(H2,16,22)(H,18,23). The van der Waals surface area contributed by atoms with Gasteiger partial charge < -0.3 is 16.0 Å². The van der Waals surface area contributed by atoms with Gasteiger partial charge in [0.05, 0.1) is 6.54 Å². The smallest absolute Gasteiger partial charge is 0.267 e. The van der Waals surface area contributed by atoms with E-state index in [0.29, 0.717) is 18.7 Å². The molecule has 2 heterocycles. The van der Waals surface area contributed by atoms with Gasteiger partial charge in [0.15, 0.2) is 0 Å². The Labute approximate surface area is 134 Å². The van der Waals surface area contributed by atoms with Crippen LogP contribution in [0.3, 0.4) is 0 Å². The first-order valence-electron chi connectivity index (χ1n) is 7.48. The van der Waals surface area contributed by atoms with Crippen LogP contribution in [0.15, 0.2) is 18.3 Å². The lowest BCUT2D eigenvalue weighted by molar-refractivity contribution is -0.134. The lowest BCUT2D eigenvalue weighted by Gasteiger charge is -2.31. The highest BCUT2D eigenvalue weighted by atomic mass is 16.2. The van der Waals surface area contributed by atoms with E-state index in [1.807, 2.05) is 0 Å². The average Bonchev–Trinajstić information content (AvgIpc) is 2.54. The van der Waals surface area contributed by atoms with E-state index in [1.54, 1.807) is 11.9 Å². The Morgan fingerprint density at radius 3 is 2.87 bits per heavy atom. The molecule has 124 valence electrons. The Bertz CT molecular complexity index is 605. The predicted molar refractivity (Wildman–Crippen MR) is 83.8 cm³/mol. The van der Waals surface area contributed by atoms with E-state index in [0.717, 1.165) is 26.1 Å². The van der Waals surface area contributed by atoms with E-state index in [2.05, 4.69) is 15.2 Å². The molecule has 1 saturated heterocycles. The Balaban J connectivity index is 1.74. The number of carbonyl (C=O) groups is 3. The Morgan fingerprint density at radius 2 is 2.17 bits per heavy atom. The van der Waals surface area contributed by atoms with E-state index in [-0.39, 0.29) is 17.5 Å². The summed E-state index contributed by atoms with van der Waals surface area (Å²) in [5.74, 6) is -0.820. The Kier molecular flexibility index (Phi) is 5.64. The summed E-state index contributed by atoms with van der Waals surface area (Å²) in [5.41, 5.74) is 5.55. The van der Waals surface area contributed by atoms with Gasteiger partial charge in [0, 0.05) is 45.0 Å². The Morgan fingerprint density at radius 1 is 1.39 bits per heavy atom. The summed E-state index contributed by atoms with van der Waals surface area (Å²) in [6.45, 7) is 3.26. The molecule has 8 heteroatoms. The number of hydrogen-bond donors (Lipinski definition) is 2. The van der Waals surface area contributed by atoms with Gasteiger partial charge in [-0.05, 0) is 18.6 Å². The monoisotopic (exact) mass is 319 g/mol. The zero-order valence-electron chi connectivity index (χ0n) is 13.1. The van der Waals surface area contributed by atoms with Crippen LogP contribution >= 0.6 is 0 Å². The number of primary amides is 1. The molecule has 1 aliphatic heterocycles. The van der Waals surface area contributed by atoms with Crippen molar-refractivity contribution >= 4 is 17.7 Å². The molecule has 0 spiro atoms. The molecule has 0 atom stereocenters. The van der Waals surface area contributed by atoms with Gasteiger partial charge >= 0.3 is 0 Å². The number of aromatic nitrogens is 1. The summed E-state index contributed by atoms with van der Waals surface area (Å²) in [7, 11) is 1.80. The molecular formula is C15H21N5O3. The van der Waals surface area contributed by atoms with E-state index in [1.165, 1.54) is 18.3 Å². The number of carbonyl (C=O) groups excluding carboxylic acids is 3. The van der Waals surface area contributed by atoms with Gasteiger partial charge in [-0.15, -0.1) is 0 Å². The van der Waals surface area contributed by atoms with Crippen molar-refractivity contribution in [2.24, 2.45) is 5.73 Å². The second-order valence-corrected chi connectivity index (χ2v) is 5.49. The molecule has 1 aliphatic rings. The minimum absolute atomic E-state index is 0.0635. The topological polar surface area (TPSA) is 109 Å². The van der Waals surface area contributed by atoms with Crippen LogP contribution < -0.4 is 11.1 Å². The van der Waals surface area contributed by atoms with E-state index < -0.39 is 5.91 Å². The summed E-state index contributed by atoms with van der Waals surface area (Å²) in [6.07, 6.45) is 2.13. The maximum Gasteiger partial charge on any atom is 0.267 e. The maximum absolute atomic E-state index is 12.0. The van der Waals surface area contributed by atoms with Crippen molar-refractivity contribution < 1.29 is 14.4 Å². The van der Waals surface area contributed by atoms with E-state index >= 15 is 0 Å². The van der Waals surface area contributed by atoms with Gasteiger partial charge in [0.2, 0.25) is 5.91 Å². The van der Waals surface area contributed by atoms with Gasteiger partial charge in [0.1, 0.15) is 5.69 Å². The van der Waals surface area contributed by atoms with Crippen LogP contribution in [0.2, 0.25) is 0 Å². The summed E-state index contributed by atoms with van der Waals surface area (Å²) < 4.78 is 0. The summed E-state index contributed by atoms with van der Waals surface area (Å²) in [5, 5.41) is 2.78. The zero-order valence-corrected chi connectivity index (χ0v) is 13.1. The molecule has 2 rings (SSSR count). The molecule has 3 N–H and O–H groups in total. The average molecular weight is 319 g/mol. The lowest BCUT2D eigenvalue weighted by atomic mass is 10.2. The third-order valence-electron chi connectivity index (χ3n) is 3.75. The van der Waals surface area contributed by atoms with Crippen molar-refractivity contribution in [2.45, 2.75) is 6.42 Å². The van der Waals surface area contributed by atoms with Crippen LogP contribution in [0.4, 0.5) is 0 Å². The number of likely N-dealkylation sites (N-methyl/N-ethyl adjacent to an activating group) is 1. The summed E-state index contributed by atoms with van der Waals surface area (Å²) in [6, 6.07) is 2.90. The first-order valence-corrected chi connectivity index (χ1v) is 7.48. The van der Waals surface area contributed by atoms with Gasteiger partial charge in [-0.1, -0.05) is 0 Å². The number of amides is 3. The second-order valence-electron chi connectivity index (χ2n) is 5.49. The number of nitrogens with two attached hydrogens (primary N) is 1.